The zero-order chi connectivity index (χ0) is 33.8. The lowest BCUT2D eigenvalue weighted by Gasteiger charge is -2.11. The smallest absolute Gasteiger partial charge is 0.322 e. The Labute approximate surface area is 280 Å². The molecule has 0 spiro atoms. The number of carbonyl (C=O) groups excluding carboxylic acids is 2. The first kappa shape index (κ1) is 42.6. The highest BCUT2D eigenvalue weighted by Gasteiger charge is 2.08. The Morgan fingerprint density at radius 3 is 1.63 bits per heavy atom. The van der Waals surface area contributed by atoms with Crippen LogP contribution in [0.25, 0.3) is 0 Å². The summed E-state index contributed by atoms with van der Waals surface area (Å²) >= 11 is 0. The number of nitrogens with one attached hydrogen (secondary N) is 1. The van der Waals surface area contributed by atoms with Gasteiger partial charge in [0, 0.05) is 12.8 Å². The van der Waals surface area contributed by atoms with E-state index in [9.17, 15) is 14.4 Å². The van der Waals surface area contributed by atoms with E-state index in [4.69, 9.17) is 9.84 Å². The van der Waals surface area contributed by atoms with Crippen LogP contribution in [0.2, 0.25) is 0 Å². The van der Waals surface area contributed by atoms with E-state index in [0.717, 1.165) is 83.5 Å². The summed E-state index contributed by atoms with van der Waals surface area (Å²) in [4.78, 5) is 34.6. The maximum atomic E-state index is 12.5. The Hall–Kier alpha value is -3.41. The molecule has 0 aromatic carbocycles. The monoisotopic (exact) mass is 637 g/mol. The first-order valence-electron chi connectivity index (χ1n) is 17.8. The van der Waals surface area contributed by atoms with Crippen molar-refractivity contribution in [2.24, 2.45) is 0 Å². The van der Waals surface area contributed by atoms with E-state index in [1.807, 2.05) is 24.3 Å². The number of carboxylic acids is 1. The van der Waals surface area contributed by atoms with Gasteiger partial charge in [0.1, 0.15) is 12.6 Å². The quantitative estimate of drug-likeness (QED) is 0.0464. The van der Waals surface area contributed by atoms with E-state index in [1.165, 1.54) is 19.3 Å². The average Bonchev–Trinajstić information content (AvgIpc) is 3.04. The number of hydrogen-bond acceptors (Lipinski definition) is 4. The molecule has 1 atom stereocenters. The van der Waals surface area contributed by atoms with Gasteiger partial charge < -0.3 is 15.2 Å². The van der Waals surface area contributed by atoms with Crippen molar-refractivity contribution in [3.05, 3.63) is 85.1 Å². The number of carboxylic acid groups (broad SMARTS) is 1. The van der Waals surface area contributed by atoms with E-state index in [-0.39, 0.29) is 24.5 Å². The van der Waals surface area contributed by atoms with Gasteiger partial charge in [-0.15, -0.1) is 0 Å². The second-order valence-electron chi connectivity index (χ2n) is 11.4. The number of unbranched alkanes of at least 4 members (excludes halogenated alkanes) is 9. The first-order chi connectivity index (χ1) is 22.5. The van der Waals surface area contributed by atoms with Gasteiger partial charge in [0.2, 0.25) is 5.91 Å². The van der Waals surface area contributed by atoms with E-state index in [2.05, 4.69) is 79.9 Å². The van der Waals surface area contributed by atoms with Crippen LogP contribution >= 0.6 is 0 Å². The number of carbonyl (C=O) groups is 3. The fourth-order valence-corrected chi connectivity index (χ4v) is 4.46. The Balaban J connectivity index is 4.10. The summed E-state index contributed by atoms with van der Waals surface area (Å²) in [5, 5.41) is 11.0. The zero-order valence-electron chi connectivity index (χ0n) is 28.9. The van der Waals surface area contributed by atoms with E-state index < -0.39 is 5.97 Å². The maximum Gasteiger partial charge on any atom is 0.322 e. The molecule has 1 unspecified atom stereocenters. The number of ether oxygens (including phenoxy) is 1. The second-order valence-corrected chi connectivity index (χ2v) is 11.4. The number of hydrogen-bond donors (Lipinski definition) is 2. The number of esters is 1. The van der Waals surface area contributed by atoms with Crippen molar-refractivity contribution in [2.45, 2.75) is 142 Å². The highest BCUT2D eigenvalue weighted by atomic mass is 16.5. The van der Waals surface area contributed by atoms with Gasteiger partial charge in [-0.1, -0.05) is 119 Å². The lowest BCUT2D eigenvalue weighted by Crippen LogP contribution is -2.28. The maximum absolute atomic E-state index is 12.5. The molecule has 2 N–H and O–H groups in total. The summed E-state index contributed by atoms with van der Waals surface area (Å²) in [5.74, 6) is -1.43. The SMILES string of the molecule is CC/C=C\C/C=C\C/C=C\C/C=C\CCCCCCCCC(=O)OC(/C=C\C/C=C\CC)/C=C\CCCCCC(=O)NCC(=O)O. The third kappa shape index (κ3) is 33.5. The molecule has 0 aromatic rings. The van der Waals surface area contributed by atoms with Crippen LogP contribution in [0.4, 0.5) is 0 Å². The average molecular weight is 638 g/mol. The summed E-state index contributed by atoms with van der Waals surface area (Å²) in [6.07, 6.45) is 47.5. The molecule has 6 nitrogen and oxygen atoms in total. The van der Waals surface area contributed by atoms with Crippen LogP contribution in [-0.4, -0.2) is 35.6 Å². The van der Waals surface area contributed by atoms with Gasteiger partial charge in [-0.05, 0) is 89.2 Å². The minimum atomic E-state index is -1.04. The van der Waals surface area contributed by atoms with Crippen molar-refractivity contribution >= 4 is 17.8 Å². The molecule has 0 saturated heterocycles. The molecule has 0 radical (unpaired) electrons. The molecule has 0 heterocycles. The van der Waals surface area contributed by atoms with Gasteiger partial charge in [0.15, 0.2) is 0 Å². The van der Waals surface area contributed by atoms with E-state index in [1.54, 1.807) is 0 Å². The van der Waals surface area contributed by atoms with Crippen molar-refractivity contribution < 1.29 is 24.2 Å². The Bertz CT molecular complexity index is 970. The number of aliphatic carboxylic acids is 1. The summed E-state index contributed by atoms with van der Waals surface area (Å²) in [6, 6.07) is 0. The predicted octanol–water partition coefficient (Wildman–Crippen LogP) is 10.4. The number of rotatable bonds is 30. The van der Waals surface area contributed by atoms with Gasteiger partial charge >= 0.3 is 11.9 Å². The van der Waals surface area contributed by atoms with Crippen LogP contribution in [0.1, 0.15) is 136 Å². The molecule has 0 aliphatic carbocycles. The lowest BCUT2D eigenvalue weighted by atomic mass is 10.1. The van der Waals surface area contributed by atoms with Gasteiger partial charge in [0.05, 0.1) is 0 Å². The van der Waals surface area contributed by atoms with Gasteiger partial charge in [-0.2, -0.15) is 0 Å². The highest BCUT2D eigenvalue weighted by Crippen LogP contribution is 2.12. The molecule has 1 amide bonds. The summed E-state index contributed by atoms with van der Waals surface area (Å²) < 4.78 is 5.74. The molecule has 258 valence electrons. The third-order valence-corrected chi connectivity index (χ3v) is 7.03. The van der Waals surface area contributed by atoms with Crippen molar-refractivity contribution in [1.82, 2.24) is 5.32 Å². The third-order valence-electron chi connectivity index (χ3n) is 7.03. The normalized spacial score (nSPS) is 13.1. The Kier molecular flexibility index (Phi) is 31.9. The van der Waals surface area contributed by atoms with Crippen LogP contribution < -0.4 is 5.32 Å². The number of allylic oxidation sites excluding steroid dienone is 12. The molecule has 0 aromatic heterocycles. The fourth-order valence-electron chi connectivity index (χ4n) is 4.46. The molecule has 0 saturated carbocycles. The first-order valence-corrected chi connectivity index (χ1v) is 17.8. The molecule has 0 aliphatic rings. The van der Waals surface area contributed by atoms with Gasteiger partial charge in [-0.25, -0.2) is 0 Å². The topological polar surface area (TPSA) is 92.7 Å². The van der Waals surface area contributed by atoms with Crippen molar-refractivity contribution in [3.63, 3.8) is 0 Å². The van der Waals surface area contributed by atoms with Crippen molar-refractivity contribution in [2.75, 3.05) is 6.54 Å². The fraction of sp³-hybridized carbons (Fsp3) is 0.575. The summed E-state index contributed by atoms with van der Waals surface area (Å²) in [6.45, 7) is 3.92. The van der Waals surface area contributed by atoms with Crippen LogP contribution in [0.3, 0.4) is 0 Å². The zero-order valence-corrected chi connectivity index (χ0v) is 28.9. The minimum absolute atomic E-state index is 0.157. The van der Waals surface area contributed by atoms with Crippen LogP contribution in [0, 0.1) is 0 Å². The molecule has 0 aliphatic heterocycles. The van der Waals surface area contributed by atoms with Crippen LogP contribution in [0.15, 0.2) is 85.1 Å². The van der Waals surface area contributed by atoms with Gasteiger partial charge in [0.25, 0.3) is 0 Å². The van der Waals surface area contributed by atoms with Crippen molar-refractivity contribution in [1.29, 1.82) is 0 Å². The second kappa shape index (κ2) is 34.5. The minimum Gasteiger partial charge on any atom is -0.480 e. The Morgan fingerprint density at radius 1 is 0.565 bits per heavy atom. The highest BCUT2D eigenvalue weighted by molar-refractivity contribution is 5.80. The lowest BCUT2D eigenvalue weighted by molar-refractivity contribution is -0.145. The number of amides is 1. The summed E-state index contributed by atoms with van der Waals surface area (Å²) in [7, 11) is 0. The molecule has 6 heteroatoms. The standard InChI is InChI=1S/C40H63NO5/c1-3-5-7-9-10-11-12-13-14-15-16-17-18-19-20-21-22-27-31-35-40(45)46-37(32-28-24-8-6-4-2)33-29-25-23-26-30-34-38(42)41-36-39(43)44/h5-8,10-11,13-14,16-17,28-29,32-33,37H,3-4,9,12,15,18-27,30-31,34-36H2,1-2H3,(H,41,42)(H,43,44)/b7-5-,8-6-,11-10-,14-13-,17-16-,32-28-,33-29-. The predicted molar refractivity (Wildman–Crippen MR) is 194 cm³/mol. The Morgan fingerprint density at radius 2 is 1.02 bits per heavy atom. The molecule has 46 heavy (non-hydrogen) atoms. The molecule has 0 bridgehead atoms. The molecular weight excluding hydrogens is 574 g/mol. The molecule has 0 fully saturated rings. The van der Waals surface area contributed by atoms with Gasteiger partial charge in [-0.3, -0.25) is 14.4 Å². The largest absolute Gasteiger partial charge is 0.480 e. The van der Waals surface area contributed by atoms with Crippen LogP contribution in [-0.2, 0) is 19.1 Å². The van der Waals surface area contributed by atoms with Crippen LogP contribution in [0.5, 0.6) is 0 Å². The molecular formula is C40H63NO5. The van der Waals surface area contributed by atoms with Crippen molar-refractivity contribution in [3.8, 4) is 0 Å². The molecule has 0 rings (SSSR count). The van der Waals surface area contributed by atoms with E-state index >= 15 is 0 Å². The summed E-state index contributed by atoms with van der Waals surface area (Å²) in [5.41, 5.74) is 0. The van der Waals surface area contributed by atoms with E-state index in [0.29, 0.717) is 19.3 Å².